The molecule has 4 aromatic rings. The van der Waals surface area contributed by atoms with Gasteiger partial charge in [0, 0.05) is 11.1 Å². The number of aryl methyl sites for hydroxylation is 2. The van der Waals surface area contributed by atoms with Crippen LogP contribution in [-0.2, 0) is 0 Å². The molecule has 26 heavy (non-hydrogen) atoms. The molecule has 0 fully saturated rings. The van der Waals surface area contributed by atoms with E-state index in [9.17, 15) is 4.79 Å². The molecule has 8 heteroatoms. The van der Waals surface area contributed by atoms with Crippen molar-refractivity contribution in [2.75, 3.05) is 5.32 Å². The molecule has 6 nitrogen and oxygen atoms in total. The van der Waals surface area contributed by atoms with Crippen LogP contribution in [0.2, 0.25) is 5.02 Å². The second-order valence-corrected chi connectivity index (χ2v) is 7.45. The number of fused-ring (bicyclic) bond motifs is 1. The zero-order valence-corrected chi connectivity index (χ0v) is 15.5. The van der Waals surface area contributed by atoms with Gasteiger partial charge in [-0.1, -0.05) is 16.8 Å². The quantitative estimate of drug-likeness (QED) is 0.545. The van der Waals surface area contributed by atoms with Crippen molar-refractivity contribution in [3.05, 3.63) is 57.7 Å². The molecule has 0 unspecified atom stereocenters. The van der Waals surface area contributed by atoms with Crippen LogP contribution in [0.4, 0.5) is 5.82 Å². The van der Waals surface area contributed by atoms with Gasteiger partial charge in [-0.2, -0.15) is 0 Å². The Labute approximate surface area is 157 Å². The number of anilines is 1. The predicted octanol–water partition coefficient (Wildman–Crippen LogP) is 4.87. The highest BCUT2D eigenvalue weighted by atomic mass is 35.5. The van der Waals surface area contributed by atoms with E-state index in [1.54, 1.807) is 36.5 Å². The summed E-state index contributed by atoms with van der Waals surface area (Å²) in [7, 11) is 0. The van der Waals surface area contributed by atoms with Gasteiger partial charge in [-0.15, -0.1) is 11.3 Å². The van der Waals surface area contributed by atoms with Crippen molar-refractivity contribution in [1.82, 2.24) is 15.1 Å². The summed E-state index contributed by atoms with van der Waals surface area (Å²) in [4.78, 5) is 23.6. The van der Waals surface area contributed by atoms with E-state index in [0.717, 1.165) is 9.75 Å². The second kappa shape index (κ2) is 6.51. The number of aromatic nitrogens is 3. The molecule has 0 aromatic carbocycles. The van der Waals surface area contributed by atoms with Crippen LogP contribution in [0, 0.1) is 13.8 Å². The van der Waals surface area contributed by atoms with E-state index in [-0.39, 0.29) is 5.91 Å². The second-order valence-electron chi connectivity index (χ2n) is 5.73. The zero-order valence-electron chi connectivity index (χ0n) is 13.9. The molecular weight excluding hydrogens is 372 g/mol. The van der Waals surface area contributed by atoms with Crippen molar-refractivity contribution < 1.29 is 9.32 Å². The van der Waals surface area contributed by atoms with Crippen LogP contribution in [0.3, 0.4) is 0 Å². The molecule has 1 N–H and O–H groups in total. The maximum atomic E-state index is 12.9. The minimum Gasteiger partial charge on any atom is -0.335 e. The number of amides is 1. The third kappa shape index (κ3) is 3.07. The fourth-order valence-electron chi connectivity index (χ4n) is 2.61. The Morgan fingerprint density at radius 3 is 2.77 bits per heavy atom. The third-order valence-corrected chi connectivity index (χ3v) is 5.07. The van der Waals surface area contributed by atoms with Crippen molar-refractivity contribution in [1.29, 1.82) is 0 Å². The molecule has 0 aliphatic rings. The highest BCUT2D eigenvalue weighted by Crippen LogP contribution is 2.31. The predicted molar refractivity (Wildman–Crippen MR) is 102 cm³/mol. The highest BCUT2D eigenvalue weighted by molar-refractivity contribution is 7.15. The first-order valence-electron chi connectivity index (χ1n) is 7.78. The highest BCUT2D eigenvalue weighted by Gasteiger charge is 2.20. The number of pyridine rings is 2. The first kappa shape index (κ1) is 16.7. The summed E-state index contributed by atoms with van der Waals surface area (Å²) in [6.45, 7) is 3.80. The Morgan fingerprint density at radius 1 is 1.23 bits per heavy atom. The molecule has 0 radical (unpaired) electrons. The number of rotatable bonds is 3. The number of thiophene rings is 1. The third-order valence-electron chi connectivity index (χ3n) is 3.82. The average Bonchev–Trinajstić information content (AvgIpc) is 3.22. The standard InChI is InChI=1S/C18H13ClN4O2S/c1-9-3-5-14(26-9)13-7-12(16-10(2)23-25-18(16)21-13)17(24)22-15-6-4-11(19)8-20-15/h3-8H,1-2H3,(H,20,22,24). The first-order chi connectivity index (χ1) is 12.5. The number of carbonyl (C=O) groups is 1. The normalized spacial score (nSPS) is 11.0. The van der Waals surface area contributed by atoms with Crippen molar-refractivity contribution in [2.45, 2.75) is 13.8 Å². The Kier molecular flexibility index (Phi) is 4.18. The van der Waals surface area contributed by atoms with E-state index in [1.165, 1.54) is 6.20 Å². The van der Waals surface area contributed by atoms with Gasteiger partial charge in [0.1, 0.15) is 5.82 Å². The van der Waals surface area contributed by atoms with Gasteiger partial charge in [-0.3, -0.25) is 4.79 Å². The number of hydrogen-bond donors (Lipinski definition) is 1. The van der Waals surface area contributed by atoms with Gasteiger partial charge in [-0.25, -0.2) is 9.97 Å². The van der Waals surface area contributed by atoms with E-state index in [0.29, 0.717) is 38.9 Å². The summed E-state index contributed by atoms with van der Waals surface area (Å²) in [6.07, 6.45) is 1.48. The van der Waals surface area contributed by atoms with Gasteiger partial charge in [0.05, 0.1) is 32.2 Å². The molecule has 0 atom stereocenters. The molecule has 4 rings (SSSR count). The summed E-state index contributed by atoms with van der Waals surface area (Å²) in [5, 5.41) is 7.82. The minimum atomic E-state index is -0.312. The SMILES string of the molecule is Cc1ccc(-c2cc(C(=O)Nc3ccc(Cl)cn3)c3c(C)noc3n2)s1. The minimum absolute atomic E-state index is 0.312. The smallest absolute Gasteiger partial charge is 0.259 e. The molecule has 0 saturated carbocycles. The molecule has 4 heterocycles. The van der Waals surface area contributed by atoms with Gasteiger partial charge >= 0.3 is 0 Å². The lowest BCUT2D eigenvalue weighted by Gasteiger charge is -2.07. The number of hydrogen-bond acceptors (Lipinski definition) is 6. The van der Waals surface area contributed by atoms with E-state index in [4.69, 9.17) is 16.1 Å². The van der Waals surface area contributed by atoms with E-state index < -0.39 is 0 Å². The van der Waals surface area contributed by atoms with Crippen LogP contribution in [0.15, 0.2) is 41.1 Å². The van der Waals surface area contributed by atoms with Crippen molar-refractivity contribution in [3.63, 3.8) is 0 Å². The molecule has 0 aliphatic heterocycles. The summed E-state index contributed by atoms with van der Waals surface area (Å²) >= 11 is 7.44. The molecule has 1 amide bonds. The van der Waals surface area contributed by atoms with Crippen LogP contribution in [0.25, 0.3) is 21.7 Å². The lowest BCUT2D eigenvalue weighted by molar-refractivity contribution is 0.102. The van der Waals surface area contributed by atoms with Crippen molar-refractivity contribution in [2.24, 2.45) is 0 Å². The molecule has 0 spiro atoms. The van der Waals surface area contributed by atoms with Gasteiger partial charge in [0.2, 0.25) is 0 Å². The largest absolute Gasteiger partial charge is 0.335 e. The van der Waals surface area contributed by atoms with Crippen molar-refractivity contribution in [3.8, 4) is 10.6 Å². The number of nitrogens with zero attached hydrogens (tertiary/aromatic N) is 3. The van der Waals surface area contributed by atoms with E-state index in [1.807, 2.05) is 19.1 Å². The summed E-state index contributed by atoms with van der Waals surface area (Å²) in [6, 6.07) is 9.04. The number of carbonyl (C=O) groups excluding carboxylic acids is 1. The zero-order chi connectivity index (χ0) is 18.3. The van der Waals surface area contributed by atoms with Gasteiger partial charge in [-0.05, 0) is 44.2 Å². The first-order valence-corrected chi connectivity index (χ1v) is 8.97. The van der Waals surface area contributed by atoms with Crippen LogP contribution < -0.4 is 5.32 Å². The van der Waals surface area contributed by atoms with Crippen LogP contribution >= 0.6 is 22.9 Å². The molecule has 0 bridgehead atoms. The van der Waals surface area contributed by atoms with Gasteiger partial charge in [0.15, 0.2) is 0 Å². The Morgan fingerprint density at radius 2 is 2.08 bits per heavy atom. The summed E-state index contributed by atoms with van der Waals surface area (Å²) in [5.41, 5.74) is 2.04. The van der Waals surface area contributed by atoms with Crippen LogP contribution in [-0.4, -0.2) is 21.0 Å². The van der Waals surface area contributed by atoms with Gasteiger partial charge in [0.25, 0.3) is 11.6 Å². The van der Waals surface area contributed by atoms with E-state index in [2.05, 4.69) is 20.4 Å². The number of nitrogens with one attached hydrogen (secondary N) is 1. The monoisotopic (exact) mass is 384 g/mol. The van der Waals surface area contributed by atoms with Gasteiger partial charge < -0.3 is 9.84 Å². The Hall–Kier alpha value is -2.77. The van der Waals surface area contributed by atoms with E-state index >= 15 is 0 Å². The molecule has 0 aliphatic carbocycles. The molecular formula is C18H13ClN4O2S. The topological polar surface area (TPSA) is 80.9 Å². The molecule has 130 valence electrons. The lowest BCUT2D eigenvalue weighted by Crippen LogP contribution is -2.14. The summed E-state index contributed by atoms with van der Waals surface area (Å²) < 4.78 is 5.30. The Bertz CT molecular complexity index is 1120. The fraction of sp³-hybridized carbons (Fsp3) is 0.111. The maximum absolute atomic E-state index is 12.9. The lowest BCUT2D eigenvalue weighted by atomic mass is 10.1. The maximum Gasteiger partial charge on any atom is 0.259 e. The summed E-state index contributed by atoms with van der Waals surface area (Å²) in [5.74, 6) is 0.0973. The van der Waals surface area contributed by atoms with Crippen LogP contribution in [0.5, 0.6) is 0 Å². The average molecular weight is 385 g/mol. The molecule has 0 saturated heterocycles. The van der Waals surface area contributed by atoms with Crippen LogP contribution in [0.1, 0.15) is 20.9 Å². The van der Waals surface area contributed by atoms with Crippen molar-refractivity contribution >= 4 is 45.8 Å². The Balaban J connectivity index is 1.80. The fourth-order valence-corrected chi connectivity index (χ4v) is 3.55. The molecule has 4 aromatic heterocycles. The number of halogens is 1.